The van der Waals surface area contributed by atoms with Gasteiger partial charge in [0.15, 0.2) is 0 Å². The van der Waals surface area contributed by atoms with E-state index in [4.69, 9.17) is 0 Å². The summed E-state index contributed by atoms with van der Waals surface area (Å²) in [6.45, 7) is 7.06. The number of Topliss-reactive ketones (excluding diaryl/α,β-unsaturated/α-hetero) is 1. The van der Waals surface area contributed by atoms with Crippen molar-refractivity contribution in [2.75, 3.05) is 0 Å². The van der Waals surface area contributed by atoms with Crippen LogP contribution in [0.5, 0.6) is 0 Å². The molecule has 0 atom stereocenters. The minimum atomic E-state index is 0. The summed E-state index contributed by atoms with van der Waals surface area (Å²) in [6.07, 6.45) is 0.528. The van der Waals surface area contributed by atoms with Crippen molar-refractivity contribution in [3.63, 3.8) is 0 Å². The van der Waals surface area contributed by atoms with Crippen molar-refractivity contribution in [2.24, 2.45) is 0 Å². The Labute approximate surface area is 93.1 Å². The zero-order valence-electron chi connectivity index (χ0n) is 5.86. The fraction of sp³-hybridized carbons (Fsp3) is 0.700. The summed E-state index contributed by atoms with van der Waals surface area (Å²) in [5.41, 5.74) is 0. The second-order valence-corrected chi connectivity index (χ2v) is 1.92. The first-order valence-electron chi connectivity index (χ1n) is 2.26. The van der Waals surface area contributed by atoms with Crippen LogP contribution in [-0.2, 0) is 24.3 Å². The van der Waals surface area contributed by atoms with Crippen LogP contribution < -0.4 is 0 Å². The van der Waals surface area contributed by atoms with Crippen molar-refractivity contribution in [1.82, 2.24) is 0 Å². The van der Waals surface area contributed by atoms with Crippen LogP contribution in [0.3, 0.4) is 0 Å². The standard InChI is InChI=1S/C6H10O.4CH4.Rf.Rh/c1-5(2)4-6(3)7;;;;;;/h3-4H2,1-2H3;4*1H4;;/q-2;;;;;;. The molecular weight excluding hydrogens is 506 g/mol. The summed E-state index contributed by atoms with van der Waals surface area (Å²) in [4.78, 5) is 10.1. The molecule has 0 saturated carbocycles. The predicted octanol–water partition coefficient (Wildman–Crippen LogP) is 3.94. The van der Waals surface area contributed by atoms with E-state index in [-0.39, 0.29) is 55.0 Å². The van der Waals surface area contributed by atoms with E-state index in [1.54, 1.807) is 0 Å². The third kappa shape index (κ3) is 93.7. The van der Waals surface area contributed by atoms with Crippen LogP contribution in [0.4, 0.5) is 0 Å². The van der Waals surface area contributed by atoms with Gasteiger partial charge in [-0.1, -0.05) is 29.7 Å². The molecule has 0 unspecified atom stereocenters. The average molecular weight is 532 g/mol. The van der Waals surface area contributed by atoms with E-state index in [0.29, 0.717) is 6.42 Å². The van der Waals surface area contributed by atoms with Gasteiger partial charge in [0, 0.05) is 19.5 Å². The predicted molar refractivity (Wildman–Crippen MR) is 56.5 cm³/mol. The maximum absolute atomic E-state index is 10.1. The molecule has 0 heterocycles. The number of hydrogen-bond donors (Lipinski definition) is 0. The van der Waals surface area contributed by atoms with Gasteiger partial charge in [0.05, 0.1) is 0 Å². The van der Waals surface area contributed by atoms with Gasteiger partial charge in [-0.15, -0.1) is 6.42 Å². The first-order chi connectivity index (χ1) is 3.13. The molecule has 0 aromatic carbocycles. The molecule has 0 rings (SSSR count). The SMILES string of the molecule is C.C.C.C.[CH2-]C(=O)C[C-](C)C.[Rf].[Rh]. The molecule has 0 spiro atoms. The molecule has 0 aliphatic carbocycles. The first kappa shape index (κ1) is 56.9. The van der Waals surface area contributed by atoms with Gasteiger partial charge < -0.3 is 17.6 Å². The van der Waals surface area contributed by atoms with E-state index in [9.17, 15) is 4.79 Å². The van der Waals surface area contributed by atoms with Crippen LogP contribution in [0.25, 0.3) is 0 Å². The van der Waals surface area contributed by atoms with Crippen LogP contribution in [0, 0.1) is 12.8 Å². The molecule has 0 N–H and O–H groups in total. The van der Waals surface area contributed by atoms with Gasteiger partial charge in [-0.25, -0.2) is 0 Å². The molecule has 0 bridgehead atoms. The molecule has 0 aliphatic heterocycles. The number of rotatable bonds is 2. The zero-order valence-corrected chi connectivity index (χ0v) is 13.9. The third-order valence-corrected chi connectivity index (χ3v) is 0.551. The molecule has 0 aromatic heterocycles. The van der Waals surface area contributed by atoms with E-state index in [2.05, 4.69) is 6.92 Å². The average Bonchev–Trinajstić information content (AvgIpc) is 1.27. The molecular formula is C10H26ORfRh-2. The zero-order chi connectivity index (χ0) is 5.86. The van der Waals surface area contributed by atoms with E-state index in [1.807, 2.05) is 13.8 Å². The Hall–Kier alpha value is -0.837. The maximum atomic E-state index is 10.1. The molecule has 13 heavy (non-hydrogen) atoms. The van der Waals surface area contributed by atoms with Gasteiger partial charge >= 0.3 is 0 Å². The molecule has 1 radical (unpaired) electrons. The third-order valence-electron chi connectivity index (χ3n) is 0.551. The number of hydrogen-bond acceptors (Lipinski definition) is 1. The van der Waals surface area contributed by atoms with Crippen LogP contribution in [0.1, 0.15) is 50.0 Å². The Morgan fingerprint density at radius 3 is 1.38 bits per heavy atom. The largest absolute Gasteiger partial charge is 0.342 e. The molecule has 1 nitrogen and oxygen atoms in total. The Morgan fingerprint density at radius 1 is 1.15 bits per heavy atom. The van der Waals surface area contributed by atoms with Gasteiger partial charge in [0.2, 0.25) is 0 Å². The summed E-state index contributed by atoms with van der Waals surface area (Å²) >= 11 is 0. The van der Waals surface area contributed by atoms with Gasteiger partial charge in [0.1, 0.15) is 0 Å². The van der Waals surface area contributed by atoms with E-state index in [1.165, 1.54) is 0 Å². The van der Waals surface area contributed by atoms with E-state index in [0.717, 1.165) is 5.92 Å². The minimum absolute atomic E-state index is 0. The maximum Gasteiger partial charge on any atom is 0 e. The van der Waals surface area contributed by atoms with E-state index < -0.39 is 0 Å². The van der Waals surface area contributed by atoms with Crippen molar-refractivity contribution < 1.29 is 24.3 Å². The molecule has 85 valence electrons. The Balaban J connectivity index is -0.0000000120. The van der Waals surface area contributed by atoms with Crippen molar-refractivity contribution in [3.8, 4) is 0 Å². The van der Waals surface area contributed by atoms with Crippen molar-refractivity contribution in [1.29, 1.82) is 0 Å². The summed E-state index contributed by atoms with van der Waals surface area (Å²) in [5, 5.41) is 0. The second-order valence-electron chi connectivity index (χ2n) is 1.92. The van der Waals surface area contributed by atoms with Crippen molar-refractivity contribution in [2.45, 2.75) is 50.0 Å². The van der Waals surface area contributed by atoms with E-state index >= 15 is 0 Å². The molecule has 0 aromatic rings. The Morgan fingerprint density at radius 2 is 1.38 bits per heavy atom. The smallest absolute Gasteiger partial charge is 0 e. The quantitative estimate of drug-likeness (QED) is 0.390. The molecule has 0 saturated heterocycles. The normalized spacial score (nSPS) is 5.15. The fourth-order valence-electron chi connectivity index (χ4n) is 0.394. The van der Waals surface area contributed by atoms with Crippen molar-refractivity contribution >= 4 is 5.78 Å². The van der Waals surface area contributed by atoms with Crippen LogP contribution in [0.2, 0.25) is 0 Å². The molecule has 3 heteroatoms. The number of carbonyl (C=O) groups is 1. The first-order valence-corrected chi connectivity index (χ1v) is 2.26. The van der Waals surface area contributed by atoms with Gasteiger partial charge in [-0.05, 0) is 5.78 Å². The van der Waals surface area contributed by atoms with Crippen LogP contribution in [0.15, 0.2) is 0 Å². The number of ketones is 1. The fourth-order valence-corrected chi connectivity index (χ4v) is 0.394. The summed E-state index contributed by atoms with van der Waals surface area (Å²) in [6, 6.07) is 0. The topological polar surface area (TPSA) is 17.1 Å². The van der Waals surface area contributed by atoms with Crippen LogP contribution in [-0.4, -0.2) is 5.78 Å². The molecule has 0 aliphatic rings. The monoisotopic (exact) mass is 532 g/mol. The molecule has 0 fully saturated rings. The van der Waals surface area contributed by atoms with Gasteiger partial charge in [-0.3, -0.25) is 0 Å². The Kier molecular flexibility index (Phi) is 133. The summed E-state index contributed by atoms with van der Waals surface area (Å²) in [7, 11) is 0. The minimum Gasteiger partial charge on any atom is -0.342 e. The molecule has 0 amide bonds. The Bertz CT molecular complexity index is 75.3. The van der Waals surface area contributed by atoms with Gasteiger partial charge in [-0.2, -0.15) is 13.8 Å². The summed E-state index contributed by atoms with van der Waals surface area (Å²) < 4.78 is 0. The van der Waals surface area contributed by atoms with Crippen molar-refractivity contribution in [3.05, 3.63) is 12.8 Å². The number of carbonyl (C=O) groups excluding carboxylic acids is 1. The summed E-state index contributed by atoms with van der Waals surface area (Å²) in [5.74, 6) is 1.13. The second kappa shape index (κ2) is 30.4. The van der Waals surface area contributed by atoms with Crippen LogP contribution >= 0.6 is 0 Å². The van der Waals surface area contributed by atoms with Gasteiger partial charge in [0.25, 0.3) is 0 Å².